The van der Waals surface area contributed by atoms with Gasteiger partial charge in [0, 0.05) is 23.9 Å². The maximum absolute atomic E-state index is 13.8. The molecule has 0 aliphatic rings. The molecule has 3 aromatic carbocycles. The van der Waals surface area contributed by atoms with Gasteiger partial charge in [-0.15, -0.1) is 0 Å². The lowest BCUT2D eigenvalue weighted by molar-refractivity contribution is -0.123. The van der Waals surface area contributed by atoms with E-state index in [0.29, 0.717) is 12.3 Å². The zero-order valence-corrected chi connectivity index (χ0v) is 32.2. The lowest BCUT2D eigenvalue weighted by Gasteiger charge is -2.34. The lowest BCUT2D eigenvalue weighted by atomic mass is 9.75. The molecule has 3 rings (SSSR count). The maximum atomic E-state index is 13.8. The summed E-state index contributed by atoms with van der Waals surface area (Å²) in [6.07, 6.45) is 6.53. The zero-order valence-electron chi connectivity index (χ0n) is 32.2. The molecule has 0 saturated carbocycles. The van der Waals surface area contributed by atoms with Crippen LogP contribution in [0.2, 0.25) is 0 Å². The van der Waals surface area contributed by atoms with Crippen molar-refractivity contribution in [2.75, 3.05) is 0 Å². The summed E-state index contributed by atoms with van der Waals surface area (Å²) in [4.78, 5) is 26.4. The molecule has 0 aliphatic heterocycles. The van der Waals surface area contributed by atoms with Crippen LogP contribution in [0.5, 0.6) is 0 Å². The molecule has 1 amide bonds. The van der Waals surface area contributed by atoms with Gasteiger partial charge in [-0.3, -0.25) is 9.59 Å². The number of nitrogens with one attached hydrogen (secondary N) is 1. The van der Waals surface area contributed by atoms with Gasteiger partial charge in [0.1, 0.15) is 0 Å². The molecule has 1 N–H and O–H groups in total. The van der Waals surface area contributed by atoms with Gasteiger partial charge in [-0.05, 0) is 75.3 Å². The highest BCUT2D eigenvalue weighted by molar-refractivity contribution is 6.00. The fraction of sp³-hybridized carbons (Fsp3) is 0.545. The van der Waals surface area contributed by atoms with Crippen LogP contribution in [0, 0.1) is 44.4 Å². The second-order valence-corrected chi connectivity index (χ2v) is 13.1. The average Bonchev–Trinajstić information content (AvgIpc) is 3.07. The first-order valence-corrected chi connectivity index (χ1v) is 18.4. The average molecular weight is 644 g/mol. The van der Waals surface area contributed by atoms with Gasteiger partial charge >= 0.3 is 0 Å². The summed E-state index contributed by atoms with van der Waals surface area (Å²) in [7, 11) is 0. The Morgan fingerprint density at radius 3 is 1.64 bits per heavy atom. The first kappa shape index (κ1) is 43.8. The normalized spacial score (nSPS) is 12.9. The molecule has 4 unspecified atom stereocenters. The van der Waals surface area contributed by atoms with Gasteiger partial charge in [0.15, 0.2) is 5.78 Å². The molecule has 3 aromatic rings. The molecule has 3 nitrogen and oxygen atoms in total. The van der Waals surface area contributed by atoms with E-state index < -0.39 is 0 Å². The molecular formula is C44H69NO2. The van der Waals surface area contributed by atoms with Crippen LogP contribution in [-0.4, -0.2) is 17.7 Å². The van der Waals surface area contributed by atoms with Crippen LogP contribution in [-0.2, 0) is 11.2 Å². The van der Waals surface area contributed by atoms with Crippen molar-refractivity contribution < 1.29 is 9.59 Å². The van der Waals surface area contributed by atoms with Crippen LogP contribution < -0.4 is 5.32 Å². The smallest absolute Gasteiger partial charge is 0.220 e. The number of carbonyl (C=O) groups excluding carboxylic acids is 2. The number of ketones is 1. The van der Waals surface area contributed by atoms with Crippen molar-refractivity contribution >= 4 is 11.7 Å². The Labute approximate surface area is 290 Å². The Morgan fingerprint density at radius 2 is 1.23 bits per heavy atom. The van der Waals surface area contributed by atoms with Crippen LogP contribution in [0.1, 0.15) is 133 Å². The zero-order chi connectivity index (χ0) is 35.8. The number of hydrogen-bond acceptors (Lipinski definition) is 2. The second kappa shape index (κ2) is 25.8. The molecule has 262 valence electrons. The van der Waals surface area contributed by atoms with Gasteiger partial charge in [-0.25, -0.2) is 0 Å². The number of unbranched alkanes of at least 4 members (excludes halogenated alkanes) is 1. The molecule has 0 aromatic heterocycles. The molecule has 47 heavy (non-hydrogen) atoms. The molecule has 0 heterocycles. The number of rotatable bonds is 14. The van der Waals surface area contributed by atoms with E-state index in [2.05, 4.69) is 117 Å². The van der Waals surface area contributed by atoms with E-state index >= 15 is 0 Å². The highest BCUT2D eigenvalue weighted by atomic mass is 16.1. The van der Waals surface area contributed by atoms with Crippen molar-refractivity contribution in [2.24, 2.45) is 23.7 Å². The minimum atomic E-state index is -0.0938. The van der Waals surface area contributed by atoms with Crippen LogP contribution in [0.4, 0.5) is 0 Å². The molecule has 0 bridgehead atoms. The van der Waals surface area contributed by atoms with E-state index in [-0.39, 0.29) is 35.5 Å². The number of amides is 1. The van der Waals surface area contributed by atoms with Crippen molar-refractivity contribution in [3.05, 3.63) is 107 Å². The van der Waals surface area contributed by atoms with Crippen molar-refractivity contribution in [2.45, 2.75) is 134 Å². The van der Waals surface area contributed by atoms with Gasteiger partial charge in [0.05, 0.1) is 0 Å². The number of Topliss-reactive ketones (excluding diaryl/α,β-unsaturated/α-hetero) is 1. The molecule has 0 fully saturated rings. The predicted molar refractivity (Wildman–Crippen MR) is 206 cm³/mol. The van der Waals surface area contributed by atoms with Crippen LogP contribution in [0.25, 0.3) is 0 Å². The second-order valence-electron chi connectivity index (χ2n) is 13.1. The predicted octanol–water partition coefficient (Wildman–Crippen LogP) is 12.2. The lowest BCUT2D eigenvalue weighted by Crippen LogP contribution is -2.46. The van der Waals surface area contributed by atoms with E-state index in [1.165, 1.54) is 16.7 Å². The molecular weight excluding hydrogens is 574 g/mol. The minimum absolute atomic E-state index is 0.00134. The summed E-state index contributed by atoms with van der Waals surface area (Å²) >= 11 is 0. The van der Waals surface area contributed by atoms with Crippen molar-refractivity contribution in [3.63, 3.8) is 0 Å². The molecule has 4 atom stereocenters. The Kier molecular flexibility index (Phi) is 24.1. The summed E-state index contributed by atoms with van der Waals surface area (Å²) < 4.78 is 0. The highest BCUT2D eigenvalue weighted by Gasteiger charge is 2.34. The van der Waals surface area contributed by atoms with Crippen LogP contribution in [0.3, 0.4) is 0 Å². The third-order valence-corrected chi connectivity index (χ3v) is 8.87. The number of carbonyl (C=O) groups is 2. The Hall–Kier alpha value is -3.20. The van der Waals surface area contributed by atoms with Gasteiger partial charge in [-0.1, -0.05) is 165 Å². The quantitative estimate of drug-likeness (QED) is 0.178. The fourth-order valence-corrected chi connectivity index (χ4v) is 5.70. The number of hydrogen-bond donors (Lipinski definition) is 1. The van der Waals surface area contributed by atoms with E-state index in [1.54, 1.807) is 0 Å². The topological polar surface area (TPSA) is 46.2 Å². The summed E-state index contributed by atoms with van der Waals surface area (Å²) in [5, 5.41) is 3.29. The van der Waals surface area contributed by atoms with Crippen LogP contribution in [0.15, 0.2) is 78.9 Å². The van der Waals surface area contributed by atoms with E-state index in [1.807, 2.05) is 50.2 Å². The van der Waals surface area contributed by atoms with Gasteiger partial charge in [-0.2, -0.15) is 0 Å². The van der Waals surface area contributed by atoms with Gasteiger partial charge < -0.3 is 5.32 Å². The third-order valence-electron chi connectivity index (χ3n) is 8.87. The van der Waals surface area contributed by atoms with Crippen LogP contribution >= 0.6 is 0 Å². The molecule has 0 aliphatic carbocycles. The monoisotopic (exact) mass is 644 g/mol. The first-order valence-electron chi connectivity index (χ1n) is 18.4. The Bertz CT molecular complexity index is 1180. The van der Waals surface area contributed by atoms with E-state index in [0.717, 1.165) is 49.7 Å². The van der Waals surface area contributed by atoms with E-state index in [4.69, 9.17) is 0 Å². The number of aryl methyl sites for hydroxylation is 4. The minimum Gasteiger partial charge on any atom is -0.353 e. The summed E-state index contributed by atoms with van der Waals surface area (Å²) in [5.74, 6) is 1.20. The molecule has 3 heteroatoms. The molecule has 0 spiro atoms. The molecule has 0 saturated heterocycles. The van der Waals surface area contributed by atoms with E-state index in [9.17, 15) is 9.59 Å². The van der Waals surface area contributed by atoms with Crippen molar-refractivity contribution in [1.29, 1.82) is 0 Å². The van der Waals surface area contributed by atoms with Gasteiger partial charge in [0.2, 0.25) is 5.91 Å². The third kappa shape index (κ3) is 17.5. The molecule has 0 radical (unpaired) electrons. The fourth-order valence-electron chi connectivity index (χ4n) is 5.70. The van der Waals surface area contributed by atoms with Gasteiger partial charge in [0.25, 0.3) is 0 Å². The van der Waals surface area contributed by atoms with Crippen molar-refractivity contribution in [3.8, 4) is 0 Å². The van der Waals surface area contributed by atoms with Crippen molar-refractivity contribution in [1.82, 2.24) is 5.32 Å². The summed E-state index contributed by atoms with van der Waals surface area (Å²) in [6, 6.07) is 26.8. The largest absolute Gasteiger partial charge is 0.353 e. The highest BCUT2D eigenvalue weighted by Crippen LogP contribution is 2.30. The standard InChI is InChI=1S/C28H47NO2.2C7H8.C2H6/c1-9-12-15-23-16-13-14-21(7)26(23)28(31)24(11-3)22(8)27(19(4)5)29-25(30)18-17-20(6)10-2;2*1-7-5-3-2-4-6-7;1-2/h13-14,16,19-20,22,24,27H,9-12,15,17-18H2,1-8H3,(H,29,30);2*2-6H,1H3;1-2H3. The maximum Gasteiger partial charge on any atom is 0.220 e. The summed E-state index contributed by atoms with van der Waals surface area (Å²) in [5.41, 5.74) is 5.81. The first-order chi connectivity index (χ1) is 22.5. The number of benzene rings is 3. The summed E-state index contributed by atoms with van der Waals surface area (Å²) in [6.45, 7) is 25.3. The Morgan fingerprint density at radius 1 is 0.702 bits per heavy atom. The SMILES string of the molecule is CC.CCCCc1cccc(C)c1C(=O)C(CC)C(C)C(NC(=O)CCC(C)CC)C(C)C.Cc1ccccc1.Cc1ccccc1. The Balaban J connectivity index is 0.00000106.